The first-order valence-electron chi connectivity index (χ1n) is 10.2. The Labute approximate surface area is 166 Å². The van der Waals surface area contributed by atoms with Gasteiger partial charge in [0.2, 0.25) is 0 Å². The molecule has 2 aliphatic heterocycles. The lowest BCUT2D eigenvalue weighted by atomic mass is 9.92. The van der Waals surface area contributed by atoms with Gasteiger partial charge in [-0.1, -0.05) is 48.9 Å². The van der Waals surface area contributed by atoms with Gasteiger partial charge in [-0.15, -0.1) is 0 Å². The normalized spacial score (nSPS) is 19.4. The maximum atomic E-state index is 13.0. The molecule has 1 amide bonds. The molecule has 1 unspecified atom stereocenters. The van der Waals surface area contributed by atoms with Gasteiger partial charge in [-0.25, -0.2) is 0 Å². The first-order valence-corrected chi connectivity index (χ1v) is 10.2. The molecular formula is C23H28N2O3. The minimum absolute atomic E-state index is 0.0426. The molecule has 28 heavy (non-hydrogen) atoms. The number of hydrogen-bond acceptors (Lipinski definition) is 4. The van der Waals surface area contributed by atoms with Crippen LogP contribution in [-0.2, 0) is 4.74 Å². The molecule has 2 fully saturated rings. The molecule has 4 rings (SSSR count). The summed E-state index contributed by atoms with van der Waals surface area (Å²) >= 11 is 0. The first-order chi connectivity index (χ1) is 13.8. The van der Waals surface area contributed by atoms with Crippen LogP contribution in [-0.4, -0.2) is 60.2 Å². The maximum absolute atomic E-state index is 13.0. The number of amides is 1. The lowest BCUT2D eigenvalue weighted by molar-refractivity contribution is 0.0300. The van der Waals surface area contributed by atoms with Gasteiger partial charge in [0.05, 0.1) is 24.8 Å². The van der Waals surface area contributed by atoms with E-state index in [4.69, 9.17) is 4.74 Å². The number of piperidine rings is 1. The quantitative estimate of drug-likeness (QED) is 0.883. The Morgan fingerprint density at radius 2 is 1.61 bits per heavy atom. The van der Waals surface area contributed by atoms with Crippen LogP contribution in [0.15, 0.2) is 48.5 Å². The second-order valence-electron chi connectivity index (χ2n) is 7.56. The summed E-state index contributed by atoms with van der Waals surface area (Å²) in [6, 6.07) is 15.8. The van der Waals surface area contributed by atoms with Gasteiger partial charge in [0.25, 0.3) is 5.91 Å². The standard InChI is InChI=1S/C23H28N2O3/c26-22-19(10-7-11-20(22)23(27)25-14-16-28-17-15-25)21(18-8-3-1-4-9-18)24-12-5-2-6-13-24/h1,3-4,7-11,21,26H,2,5-6,12-17H2. The van der Waals surface area contributed by atoms with E-state index >= 15 is 0 Å². The van der Waals surface area contributed by atoms with Crippen molar-refractivity contribution < 1.29 is 14.6 Å². The number of para-hydroxylation sites is 1. The number of phenols is 1. The largest absolute Gasteiger partial charge is 0.507 e. The number of morpholine rings is 1. The average molecular weight is 380 g/mol. The summed E-state index contributed by atoms with van der Waals surface area (Å²) in [6.45, 7) is 4.23. The number of hydrogen-bond donors (Lipinski definition) is 1. The summed E-state index contributed by atoms with van der Waals surface area (Å²) in [7, 11) is 0. The van der Waals surface area contributed by atoms with Crippen molar-refractivity contribution >= 4 is 5.91 Å². The highest BCUT2D eigenvalue weighted by atomic mass is 16.5. The molecule has 1 N–H and O–H groups in total. The molecule has 2 aromatic rings. The lowest BCUT2D eigenvalue weighted by Gasteiger charge is -2.36. The topological polar surface area (TPSA) is 53.0 Å². The molecular weight excluding hydrogens is 352 g/mol. The smallest absolute Gasteiger partial charge is 0.257 e. The number of likely N-dealkylation sites (tertiary alicyclic amines) is 1. The minimum atomic E-state index is -0.117. The predicted molar refractivity (Wildman–Crippen MR) is 109 cm³/mol. The highest BCUT2D eigenvalue weighted by Gasteiger charge is 2.29. The Kier molecular flexibility index (Phi) is 5.93. The molecule has 0 bridgehead atoms. The van der Waals surface area contributed by atoms with Gasteiger partial charge in [0, 0.05) is 18.7 Å². The molecule has 5 heteroatoms. The third-order valence-corrected chi connectivity index (χ3v) is 5.76. The molecule has 0 aromatic heterocycles. The van der Waals surface area contributed by atoms with E-state index in [1.165, 1.54) is 6.42 Å². The van der Waals surface area contributed by atoms with Crippen molar-refractivity contribution in [2.45, 2.75) is 25.3 Å². The number of ether oxygens (including phenoxy) is 1. The molecule has 2 saturated heterocycles. The Balaban J connectivity index is 1.71. The number of phenolic OH excluding ortho intramolecular Hbond substituents is 1. The third kappa shape index (κ3) is 3.91. The van der Waals surface area contributed by atoms with Crippen LogP contribution in [0.5, 0.6) is 5.75 Å². The molecule has 0 saturated carbocycles. The van der Waals surface area contributed by atoms with Gasteiger partial charge in [-0.3, -0.25) is 9.69 Å². The fourth-order valence-electron chi connectivity index (χ4n) is 4.29. The van der Waals surface area contributed by atoms with Crippen LogP contribution in [0.4, 0.5) is 0 Å². The van der Waals surface area contributed by atoms with E-state index < -0.39 is 0 Å². The highest BCUT2D eigenvalue weighted by molar-refractivity contribution is 5.97. The first kappa shape index (κ1) is 19.0. The summed E-state index contributed by atoms with van der Waals surface area (Å²) in [5.74, 6) is -0.00785. The fourth-order valence-corrected chi connectivity index (χ4v) is 4.29. The van der Waals surface area contributed by atoms with Crippen molar-refractivity contribution in [1.82, 2.24) is 9.80 Å². The minimum Gasteiger partial charge on any atom is -0.507 e. The van der Waals surface area contributed by atoms with E-state index in [0.29, 0.717) is 31.9 Å². The number of nitrogens with zero attached hydrogens (tertiary/aromatic N) is 2. The van der Waals surface area contributed by atoms with Crippen LogP contribution < -0.4 is 0 Å². The van der Waals surface area contributed by atoms with E-state index in [-0.39, 0.29) is 17.7 Å². The number of benzene rings is 2. The third-order valence-electron chi connectivity index (χ3n) is 5.76. The zero-order chi connectivity index (χ0) is 19.3. The molecule has 0 radical (unpaired) electrons. The zero-order valence-corrected chi connectivity index (χ0v) is 16.2. The monoisotopic (exact) mass is 380 g/mol. The highest BCUT2D eigenvalue weighted by Crippen LogP contribution is 2.37. The van der Waals surface area contributed by atoms with E-state index in [0.717, 1.165) is 37.1 Å². The molecule has 2 aliphatic rings. The predicted octanol–water partition coefficient (Wildman–Crippen LogP) is 3.44. The van der Waals surface area contributed by atoms with Gasteiger partial charge in [-0.2, -0.15) is 0 Å². The van der Waals surface area contributed by atoms with Gasteiger partial charge in [-0.05, 0) is 37.6 Å². The van der Waals surface area contributed by atoms with Crippen LogP contribution in [0, 0.1) is 0 Å². The van der Waals surface area contributed by atoms with Crippen molar-refractivity contribution in [3.63, 3.8) is 0 Å². The van der Waals surface area contributed by atoms with Crippen molar-refractivity contribution in [3.05, 3.63) is 65.2 Å². The molecule has 0 spiro atoms. The van der Waals surface area contributed by atoms with Crippen LogP contribution in [0.1, 0.15) is 46.8 Å². The van der Waals surface area contributed by atoms with Crippen molar-refractivity contribution in [2.75, 3.05) is 39.4 Å². The van der Waals surface area contributed by atoms with Gasteiger partial charge < -0.3 is 14.7 Å². The molecule has 148 valence electrons. The van der Waals surface area contributed by atoms with E-state index in [9.17, 15) is 9.90 Å². The van der Waals surface area contributed by atoms with E-state index in [1.807, 2.05) is 30.3 Å². The van der Waals surface area contributed by atoms with Gasteiger partial charge in [0.1, 0.15) is 5.75 Å². The van der Waals surface area contributed by atoms with Gasteiger partial charge >= 0.3 is 0 Å². The number of rotatable bonds is 4. The SMILES string of the molecule is O=C(c1cccc(C(c2ccccc2)N2CCCCC2)c1O)N1CCOCC1. The van der Waals surface area contributed by atoms with Crippen molar-refractivity contribution in [2.24, 2.45) is 0 Å². The number of carbonyl (C=O) groups excluding carboxylic acids is 1. The number of aromatic hydroxyl groups is 1. The lowest BCUT2D eigenvalue weighted by Crippen LogP contribution is -2.40. The van der Waals surface area contributed by atoms with Crippen LogP contribution in [0.2, 0.25) is 0 Å². The average Bonchev–Trinajstić information content (AvgIpc) is 2.77. The molecule has 2 aromatic carbocycles. The summed E-state index contributed by atoms with van der Waals surface area (Å²) in [4.78, 5) is 17.2. The number of carbonyl (C=O) groups is 1. The van der Waals surface area contributed by atoms with Crippen LogP contribution in [0.25, 0.3) is 0 Å². The molecule has 1 atom stereocenters. The summed E-state index contributed by atoms with van der Waals surface area (Å²) < 4.78 is 5.35. The Hall–Kier alpha value is -2.37. The Bertz CT molecular complexity index is 797. The second-order valence-corrected chi connectivity index (χ2v) is 7.56. The second kappa shape index (κ2) is 8.76. The van der Waals surface area contributed by atoms with Crippen LogP contribution >= 0.6 is 0 Å². The Morgan fingerprint density at radius 3 is 2.32 bits per heavy atom. The van der Waals surface area contributed by atoms with E-state index in [1.54, 1.807) is 11.0 Å². The van der Waals surface area contributed by atoms with Crippen LogP contribution in [0.3, 0.4) is 0 Å². The summed E-state index contributed by atoms with van der Waals surface area (Å²) in [5.41, 5.74) is 2.35. The molecule has 5 nitrogen and oxygen atoms in total. The summed E-state index contributed by atoms with van der Waals surface area (Å²) in [5, 5.41) is 11.1. The fraction of sp³-hybridized carbons (Fsp3) is 0.435. The Morgan fingerprint density at radius 1 is 0.893 bits per heavy atom. The van der Waals surface area contributed by atoms with Crippen molar-refractivity contribution in [3.8, 4) is 5.75 Å². The zero-order valence-electron chi connectivity index (χ0n) is 16.2. The van der Waals surface area contributed by atoms with Crippen molar-refractivity contribution in [1.29, 1.82) is 0 Å². The van der Waals surface area contributed by atoms with E-state index in [2.05, 4.69) is 17.0 Å². The van der Waals surface area contributed by atoms with Gasteiger partial charge in [0.15, 0.2) is 0 Å². The maximum Gasteiger partial charge on any atom is 0.257 e. The molecule has 2 heterocycles. The summed E-state index contributed by atoms with van der Waals surface area (Å²) in [6.07, 6.45) is 3.58. The molecule has 0 aliphatic carbocycles.